The minimum absolute atomic E-state index is 0.153. The van der Waals surface area contributed by atoms with Gasteiger partial charge in [-0.15, -0.1) is 0 Å². The molecule has 0 bridgehead atoms. The van der Waals surface area contributed by atoms with Crippen molar-refractivity contribution in [2.24, 2.45) is 0 Å². The summed E-state index contributed by atoms with van der Waals surface area (Å²) >= 11 is 0. The molecule has 1 aromatic carbocycles. The van der Waals surface area contributed by atoms with Gasteiger partial charge in [-0.2, -0.15) is 0 Å². The third kappa shape index (κ3) is 2.55. The Morgan fingerprint density at radius 1 is 1.47 bits per heavy atom. The number of rotatable bonds is 4. The number of phenols is 1. The zero-order valence-corrected chi connectivity index (χ0v) is 9.90. The Balaban J connectivity index is 3.28. The number of hydrogen-bond acceptors (Lipinski definition) is 3. The maximum atomic E-state index is 13.1. The number of carbonyl (C=O) groups is 1. The van der Waals surface area contributed by atoms with E-state index in [4.69, 9.17) is 9.84 Å². The van der Waals surface area contributed by atoms with E-state index in [1.165, 1.54) is 13.2 Å². The van der Waals surface area contributed by atoms with Crippen LogP contribution < -0.4 is 0 Å². The average molecular weight is 242 g/mol. The number of ether oxygens (including phenoxy) is 1. The van der Waals surface area contributed by atoms with Gasteiger partial charge in [0.05, 0.1) is 0 Å². The highest BCUT2D eigenvalue weighted by molar-refractivity contribution is 5.75. The summed E-state index contributed by atoms with van der Waals surface area (Å²) in [5.74, 6) is -1.85. The van der Waals surface area contributed by atoms with Crippen molar-refractivity contribution in [1.29, 1.82) is 0 Å². The number of methoxy groups -OCH3 is 1. The Kier molecular flexibility index (Phi) is 3.72. The number of aliphatic carboxylic acids is 1. The summed E-state index contributed by atoms with van der Waals surface area (Å²) in [5.41, 5.74) is -0.848. The van der Waals surface area contributed by atoms with Crippen LogP contribution in [0.15, 0.2) is 18.2 Å². The van der Waals surface area contributed by atoms with Crippen LogP contribution in [0.25, 0.3) is 0 Å². The van der Waals surface area contributed by atoms with Gasteiger partial charge in [0.25, 0.3) is 0 Å². The van der Waals surface area contributed by atoms with Crippen LogP contribution in [0, 0.1) is 5.82 Å². The topological polar surface area (TPSA) is 66.8 Å². The van der Waals surface area contributed by atoms with Gasteiger partial charge in [-0.05, 0) is 18.2 Å². The lowest BCUT2D eigenvalue weighted by Crippen LogP contribution is -2.41. The lowest BCUT2D eigenvalue weighted by Gasteiger charge is -2.31. The highest BCUT2D eigenvalue weighted by Crippen LogP contribution is 2.35. The Labute approximate surface area is 98.7 Å². The zero-order chi connectivity index (χ0) is 13.2. The van der Waals surface area contributed by atoms with Crippen LogP contribution in [0.5, 0.6) is 5.75 Å². The van der Waals surface area contributed by atoms with Crippen LogP contribution in [0.3, 0.4) is 0 Å². The monoisotopic (exact) mass is 242 g/mol. The molecule has 2 N–H and O–H groups in total. The van der Waals surface area contributed by atoms with Crippen molar-refractivity contribution < 1.29 is 24.1 Å². The van der Waals surface area contributed by atoms with Gasteiger partial charge in [0.15, 0.2) is 6.10 Å². The summed E-state index contributed by atoms with van der Waals surface area (Å²) in [7, 11) is 1.26. The van der Waals surface area contributed by atoms with E-state index < -0.39 is 23.3 Å². The molecular formula is C12H15FO4. The summed E-state index contributed by atoms with van der Waals surface area (Å²) in [6, 6.07) is 3.42. The molecule has 0 fully saturated rings. The molecule has 1 rings (SSSR count). The number of hydrogen-bond donors (Lipinski definition) is 2. The van der Waals surface area contributed by atoms with Crippen LogP contribution in [0.1, 0.15) is 19.4 Å². The molecule has 0 saturated carbocycles. The normalized spacial score (nSPS) is 13.4. The number of aromatic hydroxyl groups is 1. The minimum atomic E-state index is -1.17. The maximum absolute atomic E-state index is 13.1. The van der Waals surface area contributed by atoms with Crippen LogP contribution in [0.4, 0.5) is 4.39 Å². The second-order valence-electron chi connectivity index (χ2n) is 4.34. The third-order valence-electron chi connectivity index (χ3n) is 2.77. The van der Waals surface area contributed by atoms with E-state index in [1.807, 2.05) is 0 Å². The largest absolute Gasteiger partial charge is 0.508 e. The first-order valence-electron chi connectivity index (χ1n) is 5.05. The average Bonchev–Trinajstić information content (AvgIpc) is 2.21. The number of carboxylic acids is 1. The molecule has 1 atom stereocenters. The SMILES string of the molecule is COC(C(=O)O)C(C)(C)c1cc(F)ccc1O. The quantitative estimate of drug-likeness (QED) is 0.846. The highest BCUT2D eigenvalue weighted by Gasteiger charge is 2.38. The third-order valence-corrected chi connectivity index (χ3v) is 2.77. The number of carboxylic acid groups (broad SMARTS) is 1. The van der Waals surface area contributed by atoms with E-state index >= 15 is 0 Å². The summed E-state index contributed by atoms with van der Waals surface area (Å²) in [5, 5.41) is 18.7. The molecule has 0 aliphatic carbocycles. The molecule has 0 heterocycles. The van der Waals surface area contributed by atoms with Crippen molar-refractivity contribution in [2.75, 3.05) is 7.11 Å². The molecule has 0 radical (unpaired) electrons. The molecule has 0 aliphatic heterocycles. The fourth-order valence-corrected chi connectivity index (χ4v) is 1.87. The fraction of sp³-hybridized carbons (Fsp3) is 0.417. The first-order valence-corrected chi connectivity index (χ1v) is 5.05. The number of benzene rings is 1. The van der Waals surface area contributed by atoms with Gasteiger partial charge in [0, 0.05) is 18.1 Å². The Bertz CT molecular complexity index is 429. The van der Waals surface area contributed by atoms with Gasteiger partial charge >= 0.3 is 5.97 Å². The maximum Gasteiger partial charge on any atom is 0.333 e. The minimum Gasteiger partial charge on any atom is -0.508 e. The highest BCUT2D eigenvalue weighted by atomic mass is 19.1. The summed E-state index contributed by atoms with van der Waals surface area (Å²) < 4.78 is 18.0. The summed E-state index contributed by atoms with van der Waals surface area (Å²) in [6.07, 6.45) is -1.17. The van der Waals surface area contributed by atoms with E-state index in [-0.39, 0.29) is 11.3 Å². The van der Waals surface area contributed by atoms with Crippen LogP contribution in [-0.2, 0) is 14.9 Å². The van der Waals surface area contributed by atoms with E-state index in [1.54, 1.807) is 13.8 Å². The van der Waals surface area contributed by atoms with Crippen molar-refractivity contribution in [1.82, 2.24) is 0 Å². The van der Waals surface area contributed by atoms with Crippen molar-refractivity contribution in [3.8, 4) is 5.75 Å². The zero-order valence-electron chi connectivity index (χ0n) is 9.90. The van der Waals surface area contributed by atoms with Crippen LogP contribution in [0.2, 0.25) is 0 Å². The van der Waals surface area contributed by atoms with Crippen LogP contribution >= 0.6 is 0 Å². The second kappa shape index (κ2) is 4.71. The molecule has 0 aliphatic rings. The van der Waals surface area contributed by atoms with Gasteiger partial charge < -0.3 is 14.9 Å². The Hall–Kier alpha value is -1.62. The molecule has 5 heteroatoms. The van der Waals surface area contributed by atoms with Crippen molar-refractivity contribution >= 4 is 5.97 Å². The molecule has 94 valence electrons. The summed E-state index contributed by atoms with van der Waals surface area (Å²) in [4.78, 5) is 11.0. The second-order valence-corrected chi connectivity index (χ2v) is 4.34. The molecular weight excluding hydrogens is 227 g/mol. The molecule has 0 aromatic heterocycles. The lowest BCUT2D eigenvalue weighted by molar-refractivity contribution is -0.152. The van der Waals surface area contributed by atoms with Gasteiger partial charge in [0.2, 0.25) is 0 Å². The van der Waals surface area contributed by atoms with E-state index in [9.17, 15) is 14.3 Å². The predicted octanol–water partition coefficient (Wildman–Crippen LogP) is 1.91. The molecule has 1 aromatic rings. The predicted molar refractivity (Wildman–Crippen MR) is 59.5 cm³/mol. The van der Waals surface area contributed by atoms with Crippen LogP contribution in [-0.4, -0.2) is 29.4 Å². The first-order chi connectivity index (χ1) is 7.80. The van der Waals surface area contributed by atoms with Crippen molar-refractivity contribution in [3.05, 3.63) is 29.6 Å². The van der Waals surface area contributed by atoms with Crippen molar-refractivity contribution in [2.45, 2.75) is 25.4 Å². The fourth-order valence-electron chi connectivity index (χ4n) is 1.87. The molecule has 4 nitrogen and oxygen atoms in total. The standard InChI is InChI=1S/C12H15FO4/c1-12(2,10(17-3)11(15)16)8-6-7(13)4-5-9(8)14/h4-6,10,14H,1-3H3,(H,15,16). The first kappa shape index (κ1) is 13.4. The van der Waals surface area contributed by atoms with E-state index in [0.717, 1.165) is 12.1 Å². The molecule has 0 amide bonds. The van der Waals surface area contributed by atoms with E-state index in [2.05, 4.69) is 0 Å². The number of phenolic OH excluding ortho intramolecular Hbond substituents is 1. The van der Waals surface area contributed by atoms with Crippen molar-refractivity contribution in [3.63, 3.8) is 0 Å². The van der Waals surface area contributed by atoms with Gasteiger partial charge in [-0.1, -0.05) is 13.8 Å². The Morgan fingerprint density at radius 3 is 2.53 bits per heavy atom. The van der Waals surface area contributed by atoms with Gasteiger partial charge in [0.1, 0.15) is 11.6 Å². The number of halogens is 1. The molecule has 17 heavy (non-hydrogen) atoms. The van der Waals surface area contributed by atoms with Gasteiger partial charge in [-0.3, -0.25) is 0 Å². The molecule has 1 unspecified atom stereocenters. The summed E-state index contributed by atoms with van der Waals surface area (Å²) in [6.45, 7) is 3.15. The van der Waals surface area contributed by atoms with Gasteiger partial charge in [-0.25, -0.2) is 9.18 Å². The van der Waals surface area contributed by atoms with E-state index in [0.29, 0.717) is 0 Å². The smallest absolute Gasteiger partial charge is 0.333 e. The molecule has 0 saturated heterocycles. The Morgan fingerprint density at radius 2 is 2.06 bits per heavy atom. The lowest BCUT2D eigenvalue weighted by atomic mass is 9.78. The molecule has 0 spiro atoms.